The van der Waals surface area contributed by atoms with Crippen LogP contribution in [0.3, 0.4) is 0 Å². The molecule has 1 aromatic carbocycles. The van der Waals surface area contributed by atoms with E-state index in [2.05, 4.69) is 35.2 Å². The maximum Gasteiger partial charge on any atom is 0.0752 e. The second kappa shape index (κ2) is 5.58. The zero-order chi connectivity index (χ0) is 14.1. The highest BCUT2D eigenvalue weighted by Gasteiger charge is 2.19. The molecule has 2 heterocycles. The second-order valence-electron chi connectivity index (χ2n) is 5.70. The van der Waals surface area contributed by atoms with Crippen molar-refractivity contribution in [2.45, 2.75) is 25.8 Å². The Hall–Kier alpha value is -1.32. The van der Waals surface area contributed by atoms with E-state index in [-0.39, 0.29) is 0 Å². The van der Waals surface area contributed by atoms with Crippen LogP contribution in [0.1, 0.15) is 18.4 Å². The van der Waals surface area contributed by atoms with Crippen molar-refractivity contribution in [3.63, 3.8) is 0 Å². The number of hydrogen-bond donors (Lipinski definition) is 1. The number of benzene rings is 1. The van der Waals surface area contributed by atoms with Gasteiger partial charge in [-0.15, -0.1) is 0 Å². The summed E-state index contributed by atoms with van der Waals surface area (Å²) in [7, 11) is 2.17. The number of likely N-dealkylation sites (tertiary alicyclic amines) is 1. The van der Waals surface area contributed by atoms with Crippen molar-refractivity contribution < 1.29 is 0 Å². The molecule has 4 heteroatoms. The molecule has 1 aromatic heterocycles. The fraction of sp³-hybridized carbons (Fsp3) is 0.438. The molecule has 1 unspecified atom stereocenters. The minimum absolute atomic E-state index is 0.456. The number of hydrogen-bond acceptors (Lipinski definition) is 3. The third-order valence-corrected chi connectivity index (χ3v) is 4.30. The van der Waals surface area contributed by atoms with E-state index < -0.39 is 0 Å². The third-order valence-electron chi connectivity index (χ3n) is 4.01. The van der Waals surface area contributed by atoms with Gasteiger partial charge in [0.15, 0.2) is 0 Å². The van der Waals surface area contributed by atoms with Crippen LogP contribution in [0.4, 0.5) is 5.69 Å². The first kappa shape index (κ1) is 13.7. The first-order valence-electron chi connectivity index (χ1n) is 7.14. The van der Waals surface area contributed by atoms with Gasteiger partial charge in [-0.2, -0.15) is 0 Å². The number of piperidine rings is 1. The van der Waals surface area contributed by atoms with Gasteiger partial charge in [0.05, 0.1) is 16.2 Å². The maximum absolute atomic E-state index is 6.46. The van der Waals surface area contributed by atoms with Crippen LogP contribution in [0.2, 0.25) is 5.02 Å². The van der Waals surface area contributed by atoms with Gasteiger partial charge in [0.1, 0.15) is 0 Å². The molecule has 0 spiro atoms. The van der Waals surface area contributed by atoms with E-state index in [9.17, 15) is 0 Å². The molecule has 3 nitrogen and oxygen atoms in total. The van der Waals surface area contributed by atoms with Gasteiger partial charge in [-0.3, -0.25) is 4.98 Å². The summed E-state index contributed by atoms with van der Waals surface area (Å²) in [5, 5.41) is 5.54. The second-order valence-corrected chi connectivity index (χ2v) is 6.10. The van der Waals surface area contributed by atoms with Crippen molar-refractivity contribution in [1.29, 1.82) is 0 Å². The number of likely N-dealkylation sites (N-methyl/N-ethyl adjacent to an activating group) is 1. The summed E-state index contributed by atoms with van der Waals surface area (Å²) in [6.45, 7) is 4.30. The largest absolute Gasteiger partial charge is 0.379 e. The monoisotopic (exact) mass is 289 g/mol. The Morgan fingerprint density at radius 3 is 3.10 bits per heavy atom. The molecule has 1 atom stereocenters. The van der Waals surface area contributed by atoms with Crippen molar-refractivity contribution in [1.82, 2.24) is 9.88 Å². The molecular weight excluding hydrogens is 270 g/mol. The Morgan fingerprint density at radius 2 is 2.30 bits per heavy atom. The van der Waals surface area contributed by atoms with Crippen LogP contribution in [-0.4, -0.2) is 36.1 Å². The van der Waals surface area contributed by atoms with Crippen molar-refractivity contribution in [2.75, 3.05) is 25.5 Å². The highest BCUT2D eigenvalue weighted by atomic mass is 35.5. The van der Waals surface area contributed by atoms with Gasteiger partial charge in [0, 0.05) is 24.2 Å². The Bertz CT molecular complexity index is 626. The Kier molecular flexibility index (Phi) is 3.81. The lowest BCUT2D eigenvalue weighted by Crippen LogP contribution is -2.39. The fourth-order valence-electron chi connectivity index (χ4n) is 3.02. The van der Waals surface area contributed by atoms with Crippen molar-refractivity contribution in [3.8, 4) is 0 Å². The summed E-state index contributed by atoms with van der Waals surface area (Å²) in [6, 6.07) is 6.52. The van der Waals surface area contributed by atoms with E-state index in [4.69, 9.17) is 11.6 Å². The maximum atomic E-state index is 6.46. The van der Waals surface area contributed by atoms with Crippen LogP contribution in [0.5, 0.6) is 0 Å². The number of nitrogens with one attached hydrogen (secondary N) is 1. The molecule has 2 aromatic rings. The Balaban J connectivity index is 1.98. The molecule has 0 amide bonds. The molecule has 1 fully saturated rings. The summed E-state index contributed by atoms with van der Waals surface area (Å²) in [4.78, 5) is 6.85. The lowest BCUT2D eigenvalue weighted by Gasteiger charge is -2.31. The number of halogens is 1. The quantitative estimate of drug-likeness (QED) is 0.914. The molecule has 1 aliphatic rings. The molecule has 0 saturated carbocycles. The van der Waals surface area contributed by atoms with E-state index in [0.29, 0.717) is 6.04 Å². The molecule has 20 heavy (non-hydrogen) atoms. The normalized spacial score (nSPS) is 20.2. The zero-order valence-electron chi connectivity index (χ0n) is 12.0. The van der Waals surface area contributed by atoms with E-state index in [1.54, 1.807) is 0 Å². The van der Waals surface area contributed by atoms with Gasteiger partial charge in [0.25, 0.3) is 0 Å². The molecule has 0 aliphatic carbocycles. The lowest BCUT2D eigenvalue weighted by atomic mass is 10.0. The number of fused-ring (bicyclic) bond motifs is 1. The van der Waals surface area contributed by atoms with Gasteiger partial charge >= 0.3 is 0 Å². The van der Waals surface area contributed by atoms with Crippen molar-refractivity contribution in [3.05, 3.63) is 35.0 Å². The highest BCUT2D eigenvalue weighted by molar-refractivity contribution is 6.35. The third kappa shape index (κ3) is 2.60. The minimum atomic E-state index is 0.456. The fourth-order valence-corrected chi connectivity index (χ4v) is 3.34. The highest BCUT2D eigenvalue weighted by Crippen LogP contribution is 2.33. The van der Waals surface area contributed by atoms with Gasteiger partial charge in [0.2, 0.25) is 0 Å². The van der Waals surface area contributed by atoms with E-state index in [0.717, 1.165) is 33.7 Å². The van der Waals surface area contributed by atoms with Crippen molar-refractivity contribution >= 4 is 28.2 Å². The number of rotatable bonds is 2. The summed E-state index contributed by atoms with van der Waals surface area (Å²) in [5.41, 5.74) is 3.18. The van der Waals surface area contributed by atoms with E-state index in [1.807, 2.05) is 18.3 Å². The van der Waals surface area contributed by atoms with E-state index in [1.165, 1.54) is 19.4 Å². The first-order chi connectivity index (χ1) is 9.65. The molecule has 1 N–H and O–H groups in total. The van der Waals surface area contributed by atoms with Crippen LogP contribution >= 0.6 is 11.6 Å². The Labute approximate surface area is 124 Å². The predicted octanol–water partition coefficient (Wildman–Crippen LogP) is 3.70. The summed E-state index contributed by atoms with van der Waals surface area (Å²) in [5.74, 6) is 0. The number of anilines is 1. The van der Waals surface area contributed by atoms with Gasteiger partial charge < -0.3 is 10.2 Å². The molecule has 1 aliphatic heterocycles. The number of pyridine rings is 1. The number of aryl methyl sites for hydroxylation is 1. The minimum Gasteiger partial charge on any atom is -0.379 e. The molecule has 0 radical (unpaired) electrons. The molecule has 3 rings (SSSR count). The van der Waals surface area contributed by atoms with Crippen LogP contribution in [0.25, 0.3) is 10.9 Å². The predicted molar refractivity (Wildman–Crippen MR) is 85.6 cm³/mol. The van der Waals surface area contributed by atoms with Crippen LogP contribution in [0, 0.1) is 6.92 Å². The number of aromatic nitrogens is 1. The van der Waals surface area contributed by atoms with Gasteiger partial charge in [-0.1, -0.05) is 11.6 Å². The SMILES string of the molecule is Cc1cc(Cl)c(NC2CCCN(C)C2)c2cccnc12. The van der Waals surface area contributed by atoms with Crippen LogP contribution < -0.4 is 5.32 Å². The molecule has 1 saturated heterocycles. The summed E-state index contributed by atoms with van der Waals surface area (Å²) >= 11 is 6.46. The Morgan fingerprint density at radius 1 is 1.45 bits per heavy atom. The summed E-state index contributed by atoms with van der Waals surface area (Å²) < 4.78 is 0. The number of nitrogens with zero attached hydrogens (tertiary/aromatic N) is 2. The van der Waals surface area contributed by atoms with E-state index >= 15 is 0 Å². The first-order valence-corrected chi connectivity index (χ1v) is 7.52. The molecule has 106 valence electrons. The van der Waals surface area contributed by atoms with Crippen LogP contribution in [-0.2, 0) is 0 Å². The smallest absolute Gasteiger partial charge is 0.0752 e. The molecule has 0 bridgehead atoms. The standard InChI is InChI=1S/C16H20ClN3/c1-11-9-14(17)16(13-6-3-7-18-15(11)13)19-12-5-4-8-20(2)10-12/h3,6-7,9,12,19H,4-5,8,10H2,1-2H3. The average molecular weight is 290 g/mol. The molecular formula is C16H20ClN3. The zero-order valence-corrected chi connectivity index (χ0v) is 12.7. The lowest BCUT2D eigenvalue weighted by molar-refractivity contribution is 0.261. The van der Waals surface area contributed by atoms with Gasteiger partial charge in [-0.25, -0.2) is 0 Å². The van der Waals surface area contributed by atoms with Crippen LogP contribution in [0.15, 0.2) is 24.4 Å². The van der Waals surface area contributed by atoms with Gasteiger partial charge in [-0.05, 0) is 57.1 Å². The summed E-state index contributed by atoms with van der Waals surface area (Å²) in [6.07, 6.45) is 4.26. The van der Waals surface area contributed by atoms with Crippen molar-refractivity contribution in [2.24, 2.45) is 0 Å². The average Bonchev–Trinajstić information content (AvgIpc) is 2.43. The topological polar surface area (TPSA) is 28.2 Å².